The minimum Gasteiger partial charge on any atom is -0.397 e. The topological polar surface area (TPSA) is 29.3 Å². The van der Waals surface area contributed by atoms with Crippen LogP contribution in [-0.4, -0.2) is 13.1 Å². The molecule has 1 aromatic rings. The highest BCUT2D eigenvalue weighted by Gasteiger charge is 2.10. The average Bonchev–Trinajstić information content (AvgIpc) is 2.10. The summed E-state index contributed by atoms with van der Waals surface area (Å²) in [5.74, 6) is -0.247. The fraction of sp³-hybridized carbons (Fsp3) is 0.455. The van der Waals surface area contributed by atoms with Crippen molar-refractivity contribution in [3.05, 3.63) is 23.5 Å². The Hall–Kier alpha value is -1.25. The molecule has 0 unspecified atom stereocenters. The van der Waals surface area contributed by atoms with E-state index in [1.807, 2.05) is 11.9 Å². The van der Waals surface area contributed by atoms with Crippen molar-refractivity contribution in [1.29, 1.82) is 0 Å². The first kappa shape index (κ1) is 10.8. The maximum Gasteiger partial charge on any atom is 0.128 e. The number of benzene rings is 1. The largest absolute Gasteiger partial charge is 0.397 e. The predicted molar refractivity (Wildman–Crippen MR) is 59.1 cm³/mol. The lowest BCUT2D eigenvalue weighted by Gasteiger charge is -2.25. The van der Waals surface area contributed by atoms with Crippen LogP contribution in [0.1, 0.15) is 19.4 Å². The SMILES string of the molecule is Cc1cc(N(C)C(C)C)c(N)cc1F. The molecule has 14 heavy (non-hydrogen) atoms. The Morgan fingerprint density at radius 2 is 1.93 bits per heavy atom. The molecule has 0 aliphatic rings. The van der Waals surface area contributed by atoms with Crippen LogP contribution >= 0.6 is 0 Å². The molecule has 0 heterocycles. The summed E-state index contributed by atoms with van der Waals surface area (Å²) in [6.45, 7) is 5.88. The standard InChI is InChI=1S/C11H17FN2/c1-7(2)14(4)11-5-8(3)9(12)6-10(11)13/h5-7H,13H2,1-4H3. The summed E-state index contributed by atoms with van der Waals surface area (Å²) in [6.07, 6.45) is 0. The molecule has 0 bridgehead atoms. The number of hydrogen-bond donors (Lipinski definition) is 1. The first-order chi connectivity index (χ1) is 6.43. The van der Waals surface area contributed by atoms with Crippen molar-refractivity contribution >= 4 is 11.4 Å². The molecule has 0 radical (unpaired) electrons. The van der Waals surface area contributed by atoms with E-state index in [1.165, 1.54) is 6.07 Å². The normalized spacial score (nSPS) is 10.7. The maximum absolute atomic E-state index is 13.1. The van der Waals surface area contributed by atoms with Gasteiger partial charge in [-0.05, 0) is 38.5 Å². The van der Waals surface area contributed by atoms with Crippen LogP contribution in [0, 0.1) is 12.7 Å². The van der Waals surface area contributed by atoms with E-state index in [-0.39, 0.29) is 5.82 Å². The van der Waals surface area contributed by atoms with E-state index < -0.39 is 0 Å². The minimum absolute atomic E-state index is 0.247. The summed E-state index contributed by atoms with van der Waals surface area (Å²) >= 11 is 0. The van der Waals surface area contributed by atoms with Gasteiger partial charge >= 0.3 is 0 Å². The molecule has 1 aromatic carbocycles. The van der Waals surface area contributed by atoms with Gasteiger partial charge < -0.3 is 10.6 Å². The van der Waals surface area contributed by atoms with Crippen LogP contribution in [0.3, 0.4) is 0 Å². The highest BCUT2D eigenvalue weighted by atomic mass is 19.1. The summed E-state index contributed by atoms with van der Waals surface area (Å²) in [4.78, 5) is 2.03. The quantitative estimate of drug-likeness (QED) is 0.736. The van der Waals surface area contributed by atoms with Gasteiger partial charge in [0, 0.05) is 13.1 Å². The van der Waals surface area contributed by atoms with Crippen molar-refractivity contribution in [2.24, 2.45) is 0 Å². The van der Waals surface area contributed by atoms with E-state index in [0.29, 0.717) is 17.3 Å². The van der Waals surface area contributed by atoms with Gasteiger partial charge in [0.15, 0.2) is 0 Å². The van der Waals surface area contributed by atoms with Gasteiger partial charge in [-0.15, -0.1) is 0 Å². The molecule has 0 aromatic heterocycles. The van der Waals surface area contributed by atoms with Crippen molar-refractivity contribution in [2.45, 2.75) is 26.8 Å². The number of anilines is 2. The number of nitrogen functional groups attached to an aromatic ring is 1. The number of nitrogens with zero attached hydrogens (tertiary/aromatic N) is 1. The summed E-state index contributed by atoms with van der Waals surface area (Å²) in [7, 11) is 1.95. The van der Waals surface area contributed by atoms with Crippen LogP contribution in [0.2, 0.25) is 0 Å². The smallest absolute Gasteiger partial charge is 0.128 e. The Bertz CT molecular complexity index is 334. The fourth-order valence-corrected chi connectivity index (χ4v) is 1.27. The first-order valence-electron chi connectivity index (χ1n) is 4.72. The number of nitrogens with two attached hydrogens (primary N) is 1. The molecule has 0 saturated heterocycles. The highest BCUT2D eigenvalue weighted by Crippen LogP contribution is 2.26. The molecule has 1 rings (SSSR count). The second kappa shape index (κ2) is 3.86. The number of halogens is 1. The van der Waals surface area contributed by atoms with Gasteiger partial charge in [0.1, 0.15) is 5.82 Å². The van der Waals surface area contributed by atoms with Gasteiger partial charge in [0.2, 0.25) is 0 Å². The molecular formula is C11H17FN2. The average molecular weight is 196 g/mol. The third-order valence-corrected chi connectivity index (χ3v) is 2.46. The van der Waals surface area contributed by atoms with E-state index >= 15 is 0 Å². The molecule has 3 heteroatoms. The van der Waals surface area contributed by atoms with E-state index in [2.05, 4.69) is 13.8 Å². The lowest BCUT2D eigenvalue weighted by Crippen LogP contribution is -2.26. The van der Waals surface area contributed by atoms with E-state index in [1.54, 1.807) is 13.0 Å². The van der Waals surface area contributed by atoms with E-state index in [9.17, 15) is 4.39 Å². The Balaban J connectivity index is 3.15. The van der Waals surface area contributed by atoms with Gasteiger partial charge in [-0.2, -0.15) is 0 Å². The zero-order chi connectivity index (χ0) is 10.9. The zero-order valence-corrected chi connectivity index (χ0v) is 9.13. The van der Waals surface area contributed by atoms with Gasteiger partial charge in [0.25, 0.3) is 0 Å². The first-order valence-corrected chi connectivity index (χ1v) is 4.72. The van der Waals surface area contributed by atoms with Crippen molar-refractivity contribution in [3.8, 4) is 0 Å². The molecule has 2 nitrogen and oxygen atoms in total. The Morgan fingerprint density at radius 1 is 1.36 bits per heavy atom. The maximum atomic E-state index is 13.1. The lowest BCUT2D eigenvalue weighted by molar-refractivity contribution is 0.618. The molecule has 2 N–H and O–H groups in total. The van der Waals surface area contributed by atoms with E-state index in [4.69, 9.17) is 5.73 Å². The van der Waals surface area contributed by atoms with Gasteiger partial charge in [0.05, 0.1) is 11.4 Å². The van der Waals surface area contributed by atoms with Crippen molar-refractivity contribution in [1.82, 2.24) is 0 Å². The van der Waals surface area contributed by atoms with Crippen LogP contribution in [-0.2, 0) is 0 Å². The molecule has 0 atom stereocenters. The second-order valence-electron chi connectivity index (χ2n) is 3.86. The van der Waals surface area contributed by atoms with Crippen LogP contribution in [0.15, 0.2) is 12.1 Å². The molecule has 78 valence electrons. The summed E-state index contributed by atoms with van der Waals surface area (Å²) < 4.78 is 13.1. The zero-order valence-electron chi connectivity index (χ0n) is 9.13. The number of rotatable bonds is 2. The number of aryl methyl sites for hydroxylation is 1. The fourth-order valence-electron chi connectivity index (χ4n) is 1.27. The van der Waals surface area contributed by atoms with Crippen LogP contribution < -0.4 is 10.6 Å². The molecule has 0 amide bonds. The van der Waals surface area contributed by atoms with E-state index in [0.717, 1.165) is 5.69 Å². The summed E-state index contributed by atoms with van der Waals surface area (Å²) in [5, 5.41) is 0. The molecule has 0 aliphatic heterocycles. The molecule has 0 fully saturated rings. The van der Waals surface area contributed by atoms with Crippen molar-refractivity contribution in [3.63, 3.8) is 0 Å². The molecule has 0 aliphatic carbocycles. The third-order valence-electron chi connectivity index (χ3n) is 2.46. The highest BCUT2D eigenvalue weighted by molar-refractivity contribution is 5.68. The number of hydrogen-bond acceptors (Lipinski definition) is 2. The van der Waals surface area contributed by atoms with Crippen molar-refractivity contribution < 1.29 is 4.39 Å². The lowest BCUT2D eigenvalue weighted by atomic mass is 10.1. The Labute approximate surface area is 84.5 Å². The van der Waals surface area contributed by atoms with Crippen molar-refractivity contribution in [2.75, 3.05) is 17.7 Å². The molecule has 0 saturated carbocycles. The monoisotopic (exact) mass is 196 g/mol. The van der Waals surface area contributed by atoms with Gasteiger partial charge in [-0.25, -0.2) is 4.39 Å². The molecular weight excluding hydrogens is 179 g/mol. The van der Waals surface area contributed by atoms with Crippen LogP contribution in [0.5, 0.6) is 0 Å². The second-order valence-corrected chi connectivity index (χ2v) is 3.86. The minimum atomic E-state index is -0.247. The Morgan fingerprint density at radius 3 is 2.43 bits per heavy atom. The summed E-state index contributed by atoms with van der Waals surface area (Å²) in [6, 6.07) is 3.51. The molecule has 0 spiro atoms. The van der Waals surface area contributed by atoms with Gasteiger partial charge in [-0.3, -0.25) is 0 Å². The van der Waals surface area contributed by atoms with Gasteiger partial charge in [-0.1, -0.05) is 0 Å². The van der Waals surface area contributed by atoms with Crippen LogP contribution in [0.4, 0.5) is 15.8 Å². The third kappa shape index (κ3) is 1.97. The van der Waals surface area contributed by atoms with Crippen LogP contribution in [0.25, 0.3) is 0 Å². The predicted octanol–water partition coefficient (Wildman–Crippen LogP) is 2.56. The Kier molecular flexibility index (Phi) is 2.99. The summed E-state index contributed by atoms with van der Waals surface area (Å²) in [5.41, 5.74) is 7.75.